The Morgan fingerprint density at radius 3 is 2.44 bits per heavy atom. The molecule has 0 aromatic carbocycles. The smallest absolute Gasteiger partial charge is 0.310 e. The summed E-state index contributed by atoms with van der Waals surface area (Å²) in [6.07, 6.45) is 0. The summed E-state index contributed by atoms with van der Waals surface area (Å²) in [6.45, 7) is 2.73. The zero-order valence-corrected chi connectivity index (χ0v) is 14.3. The normalized spacial score (nSPS) is 12.7. The molecule has 0 fully saturated rings. The number of nitrogens with one attached hydrogen (secondary N) is 1. The van der Waals surface area contributed by atoms with Crippen molar-refractivity contribution in [3.63, 3.8) is 0 Å². The molecule has 1 aromatic heterocycles. The third kappa shape index (κ3) is 3.77. The standard InChI is InChI=1S/C9H11Br2NO4S2/c1-9(2,8(13)14)4-12-18(15,16)5-3-6(10)17-7(5)11/h3,12H,4H2,1-2H3,(H,13,14). The van der Waals surface area contributed by atoms with Crippen LogP contribution in [0.4, 0.5) is 0 Å². The van der Waals surface area contributed by atoms with E-state index in [1.54, 1.807) is 0 Å². The van der Waals surface area contributed by atoms with Crippen molar-refractivity contribution in [1.29, 1.82) is 0 Å². The molecule has 1 heterocycles. The molecule has 0 bridgehead atoms. The second-order valence-corrected chi connectivity index (χ2v) is 9.69. The average molecular weight is 421 g/mol. The minimum atomic E-state index is -3.72. The predicted molar refractivity (Wildman–Crippen MR) is 76.3 cm³/mol. The lowest BCUT2D eigenvalue weighted by molar-refractivity contribution is -0.146. The van der Waals surface area contributed by atoms with E-state index >= 15 is 0 Å². The molecule has 102 valence electrons. The van der Waals surface area contributed by atoms with E-state index in [4.69, 9.17) is 5.11 Å². The van der Waals surface area contributed by atoms with Gasteiger partial charge < -0.3 is 5.11 Å². The summed E-state index contributed by atoms with van der Waals surface area (Å²) in [4.78, 5) is 11.0. The molecule has 9 heteroatoms. The fraction of sp³-hybridized carbons (Fsp3) is 0.444. The third-order valence-corrected chi connectivity index (χ3v) is 6.35. The van der Waals surface area contributed by atoms with Gasteiger partial charge in [-0.25, -0.2) is 13.1 Å². The van der Waals surface area contributed by atoms with Gasteiger partial charge in [0.05, 0.1) is 13.0 Å². The number of hydrogen-bond acceptors (Lipinski definition) is 4. The monoisotopic (exact) mass is 419 g/mol. The molecule has 0 amide bonds. The van der Waals surface area contributed by atoms with E-state index in [2.05, 4.69) is 36.6 Å². The van der Waals surface area contributed by atoms with Gasteiger partial charge in [0.1, 0.15) is 4.90 Å². The second-order valence-electron chi connectivity index (χ2n) is 4.20. The summed E-state index contributed by atoms with van der Waals surface area (Å²) in [7, 11) is -3.72. The summed E-state index contributed by atoms with van der Waals surface area (Å²) in [5.74, 6) is -1.06. The molecule has 2 N–H and O–H groups in total. The Hall–Kier alpha value is 0.0400. The first-order valence-electron chi connectivity index (χ1n) is 4.74. The van der Waals surface area contributed by atoms with Gasteiger partial charge in [-0.3, -0.25) is 4.79 Å². The van der Waals surface area contributed by atoms with E-state index in [1.165, 1.54) is 31.3 Å². The number of halogens is 2. The van der Waals surface area contributed by atoms with Crippen LogP contribution in [-0.2, 0) is 14.8 Å². The van der Waals surface area contributed by atoms with Crippen LogP contribution in [0.3, 0.4) is 0 Å². The zero-order valence-electron chi connectivity index (χ0n) is 9.53. The maximum Gasteiger partial charge on any atom is 0.310 e. The topological polar surface area (TPSA) is 83.5 Å². The van der Waals surface area contributed by atoms with Crippen LogP contribution in [0.15, 0.2) is 18.5 Å². The number of carboxylic acids is 1. The summed E-state index contributed by atoms with van der Waals surface area (Å²) in [6, 6.07) is 1.46. The molecule has 1 rings (SSSR count). The molecule has 0 unspecified atom stereocenters. The highest BCUT2D eigenvalue weighted by Gasteiger charge is 2.30. The fourth-order valence-electron chi connectivity index (χ4n) is 0.937. The van der Waals surface area contributed by atoms with Gasteiger partial charge in [-0.05, 0) is 51.8 Å². The van der Waals surface area contributed by atoms with E-state index in [-0.39, 0.29) is 11.4 Å². The Morgan fingerprint density at radius 1 is 1.50 bits per heavy atom. The summed E-state index contributed by atoms with van der Waals surface area (Å²) >= 11 is 7.58. The van der Waals surface area contributed by atoms with Crippen LogP contribution in [0, 0.1) is 5.41 Å². The van der Waals surface area contributed by atoms with E-state index < -0.39 is 21.4 Å². The summed E-state index contributed by atoms with van der Waals surface area (Å²) in [5, 5.41) is 8.92. The molecule has 0 aliphatic rings. The zero-order chi connectivity index (χ0) is 14.1. The minimum absolute atomic E-state index is 0.0977. The SMILES string of the molecule is CC(C)(CNS(=O)(=O)c1cc(Br)sc1Br)C(=O)O. The van der Waals surface area contributed by atoms with Gasteiger partial charge in [0.25, 0.3) is 0 Å². The molecule has 0 aliphatic carbocycles. The van der Waals surface area contributed by atoms with E-state index in [1.807, 2.05) is 0 Å². The highest BCUT2D eigenvalue weighted by Crippen LogP contribution is 2.34. The number of aliphatic carboxylic acids is 1. The van der Waals surface area contributed by atoms with E-state index in [9.17, 15) is 13.2 Å². The van der Waals surface area contributed by atoms with Crippen molar-refractivity contribution in [2.75, 3.05) is 6.54 Å². The van der Waals surface area contributed by atoms with Crippen molar-refractivity contribution in [3.8, 4) is 0 Å². The number of thiophene rings is 1. The van der Waals surface area contributed by atoms with Crippen LogP contribution in [0.5, 0.6) is 0 Å². The summed E-state index contributed by atoms with van der Waals surface area (Å²) in [5.41, 5.74) is -1.16. The molecular formula is C9H11Br2NO4S2. The van der Waals surface area contributed by atoms with Gasteiger partial charge in [0, 0.05) is 6.54 Å². The molecule has 0 spiro atoms. The Balaban J connectivity index is 2.91. The van der Waals surface area contributed by atoms with Crippen LogP contribution in [-0.4, -0.2) is 26.0 Å². The predicted octanol–water partition coefficient (Wildman–Crippen LogP) is 2.66. The molecular weight excluding hydrogens is 410 g/mol. The highest BCUT2D eigenvalue weighted by atomic mass is 79.9. The van der Waals surface area contributed by atoms with Gasteiger partial charge >= 0.3 is 5.97 Å². The van der Waals surface area contributed by atoms with Crippen LogP contribution in [0.25, 0.3) is 0 Å². The number of rotatable bonds is 5. The number of hydrogen-bond donors (Lipinski definition) is 2. The summed E-state index contributed by atoms with van der Waals surface area (Å²) < 4.78 is 27.4. The quantitative estimate of drug-likeness (QED) is 0.766. The first-order valence-corrected chi connectivity index (χ1v) is 8.63. The van der Waals surface area contributed by atoms with Gasteiger partial charge in [0.2, 0.25) is 10.0 Å². The Morgan fingerprint density at radius 2 is 2.06 bits per heavy atom. The van der Waals surface area contributed by atoms with Crippen molar-refractivity contribution in [2.45, 2.75) is 18.7 Å². The largest absolute Gasteiger partial charge is 0.481 e. The van der Waals surface area contributed by atoms with E-state index in [0.717, 1.165) is 0 Å². The molecule has 0 saturated carbocycles. The maximum atomic E-state index is 12.0. The number of carbonyl (C=O) groups is 1. The van der Waals surface area contributed by atoms with Crippen molar-refractivity contribution in [3.05, 3.63) is 13.6 Å². The minimum Gasteiger partial charge on any atom is -0.481 e. The van der Waals surface area contributed by atoms with Crippen LogP contribution in [0.2, 0.25) is 0 Å². The van der Waals surface area contributed by atoms with Gasteiger partial charge in [0.15, 0.2) is 0 Å². The second kappa shape index (κ2) is 5.58. The Bertz CT molecular complexity index is 565. The Kier molecular flexibility index (Phi) is 4.99. The molecule has 0 saturated heterocycles. The van der Waals surface area contributed by atoms with Crippen LogP contribution >= 0.6 is 43.2 Å². The van der Waals surface area contributed by atoms with E-state index in [0.29, 0.717) is 7.57 Å². The van der Waals surface area contributed by atoms with Crippen molar-refractivity contribution < 1.29 is 18.3 Å². The average Bonchev–Trinajstić information content (AvgIpc) is 2.56. The van der Waals surface area contributed by atoms with Crippen LogP contribution < -0.4 is 4.72 Å². The van der Waals surface area contributed by atoms with Gasteiger partial charge in [-0.15, -0.1) is 11.3 Å². The molecule has 18 heavy (non-hydrogen) atoms. The van der Waals surface area contributed by atoms with Crippen molar-refractivity contribution >= 4 is 59.2 Å². The number of sulfonamides is 1. The first-order chi connectivity index (χ1) is 8.06. The Labute approximate surface area is 126 Å². The molecule has 0 atom stereocenters. The van der Waals surface area contributed by atoms with Crippen LogP contribution in [0.1, 0.15) is 13.8 Å². The van der Waals surface area contributed by atoms with Crippen molar-refractivity contribution in [1.82, 2.24) is 4.72 Å². The van der Waals surface area contributed by atoms with Gasteiger partial charge in [-0.1, -0.05) is 0 Å². The molecule has 0 radical (unpaired) electrons. The molecule has 1 aromatic rings. The molecule has 5 nitrogen and oxygen atoms in total. The van der Waals surface area contributed by atoms with Gasteiger partial charge in [-0.2, -0.15) is 0 Å². The first kappa shape index (κ1) is 16.1. The third-order valence-electron chi connectivity index (χ3n) is 2.20. The lowest BCUT2D eigenvalue weighted by atomic mass is 9.95. The lowest BCUT2D eigenvalue weighted by Crippen LogP contribution is -2.38. The fourth-order valence-corrected chi connectivity index (χ4v) is 5.96. The maximum absolute atomic E-state index is 12.0. The molecule has 0 aliphatic heterocycles. The highest BCUT2D eigenvalue weighted by molar-refractivity contribution is 9.12. The number of carboxylic acid groups (broad SMARTS) is 1. The lowest BCUT2D eigenvalue weighted by Gasteiger charge is -2.19. The van der Waals surface area contributed by atoms with Crippen molar-refractivity contribution in [2.24, 2.45) is 5.41 Å².